The molecule has 0 saturated heterocycles. The van der Waals surface area contributed by atoms with Crippen molar-refractivity contribution < 1.29 is 13.2 Å². The summed E-state index contributed by atoms with van der Waals surface area (Å²) in [7, 11) is 0. The minimum Gasteiger partial charge on any atom is -0.308 e. The Morgan fingerprint density at radius 3 is 2.22 bits per heavy atom. The third-order valence-electron chi connectivity index (χ3n) is 2.34. The van der Waals surface area contributed by atoms with Crippen LogP contribution in [0.15, 0.2) is 17.7 Å². The highest BCUT2D eigenvalue weighted by molar-refractivity contribution is 5.53. The maximum atomic E-state index is 13.4. The van der Waals surface area contributed by atoms with Crippen molar-refractivity contribution in [2.45, 2.75) is 33.2 Å². The number of benzene rings is 1. The fourth-order valence-electron chi connectivity index (χ4n) is 1.37. The summed E-state index contributed by atoms with van der Waals surface area (Å²) in [5.74, 6) is -2.97. The first kappa shape index (κ1) is 14.8. The van der Waals surface area contributed by atoms with Crippen molar-refractivity contribution in [2.24, 2.45) is 0 Å². The lowest BCUT2D eigenvalue weighted by Gasteiger charge is -2.20. The van der Waals surface area contributed by atoms with Crippen LogP contribution in [0, 0.1) is 17.5 Å². The van der Waals surface area contributed by atoms with Gasteiger partial charge in [0.1, 0.15) is 5.82 Å². The lowest BCUT2D eigenvalue weighted by molar-refractivity contribution is 0.445. The van der Waals surface area contributed by atoms with Crippen molar-refractivity contribution in [1.82, 2.24) is 5.32 Å². The van der Waals surface area contributed by atoms with Gasteiger partial charge < -0.3 is 5.32 Å². The summed E-state index contributed by atoms with van der Waals surface area (Å²) in [5.41, 5.74) is 0.846. The van der Waals surface area contributed by atoms with E-state index in [-0.39, 0.29) is 11.1 Å². The van der Waals surface area contributed by atoms with Crippen LogP contribution < -0.4 is 5.32 Å². The molecule has 0 saturated carbocycles. The summed E-state index contributed by atoms with van der Waals surface area (Å²) < 4.78 is 39.1. The fourth-order valence-corrected chi connectivity index (χ4v) is 1.37. The van der Waals surface area contributed by atoms with Crippen LogP contribution in [0.2, 0.25) is 0 Å². The molecule has 0 fully saturated rings. The molecule has 0 aliphatic heterocycles. The van der Waals surface area contributed by atoms with Crippen LogP contribution in [-0.2, 0) is 0 Å². The topological polar surface area (TPSA) is 12.0 Å². The first-order valence-electron chi connectivity index (χ1n) is 5.76. The first-order chi connectivity index (χ1) is 8.19. The van der Waals surface area contributed by atoms with Crippen molar-refractivity contribution in [3.8, 4) is 0 Å². The van der Waals surface area contributed by atoms with E-state index >= 15 is 0 Å². The van der Waals surface area contributed by atoms with E-state index in [1.165, 1.54) is 6.08 Å². The van der Waals surface area contributed by atoms with Crippen LogP contribution in [0.3, 0.4) is 0 Å². The molecule has 1 aromatic rings. The predicted octanol–water partition coefficient (Wildman–Crippen LogP) is 3.90. The van der Waals surface area contributed by atoms with Gasteiger partial charge in [0.25, 0.3) is 0 Å². The molecule has 0 aliphatic rings. The molecule has 18 heavy (non-hydrogen) atoms. The number of nitrogens with one attached hydrogen (secondary N) is 1. The quantitative estimate of drug-likeness (QED) is 0.810. The lowest BCUT2D eigenvalue weighted by atomic mass is 10.1. The first-order valence-corrected chi connectivity index (χ1v) is 5.76. The maximum Gasteiger partial charge on any atom is 0.161 e. The molecule has 1 rings (SSSR count). The number of hydrogen-bond acceptors (Lipinski definition) is 1. The molecule has 0 atom stereocenters. The van der Waals surface area contributed by atoms with Crippen molar-refractivity contribution in [3.63, 3.8) is 0 Å². The van der Waals surface area contributed by atoms with E-state index < -0.39 is 17.5 Å². The van der Waals surface area contributed by atoms with E-state index in [1.54, 1.807) is 6.92 Å². The van der Waals surface area contributed by atoms with E-state index in [0.29, 0.717) is 12.6 Å². The molecular weight excluding hydrogens is 239 g/mol. The Kier molecular flexibility index (Phi) is 4.57. The summed E-state index contributed by atoms with van der Waals surface area (Å²) >= 11 is 0. The van der Waals surface area contributed by atoms with Crippen molar-refractivity contribution >= 4 is 6.08 Å². The number of rotatable bonds is 3. The van der Waals surface area contributed by atoms with Crippen molar-refractivity contribution in [2.75, 3.05) is 6.54 Å². The highest BCUT2D eigenvalue weighted by Crippen LogP contribution is 2.16. The van der Waals surface area contributed by atoms with Gasteiger partial charge in [-0.1, -0.05) is 11.6 Å². The average Bonchev–Trinajstić information content (AvgIpc) is 2.22. The Hall–Kier alpha value is -1.29. The monoisotopic (exact) mass is 257 g/mol. The number of halogens is 3. The molecule has 0 radical (unpaired) electrons. The van der Waals surface area contributed by atoms with Crippen LogP contribution in [-0.4, -0.2) is 12.1 Å². The zero-order chi connectivity index (χ0) is 13.9. The van der Waals surface area contributed by atoms with E-state index in [4.69, 9.17) is 0 Å². The number of hydrogen-bond donors (Lipinski definition) is 1. The van der Waals surface area contributed by atoms with E-state index in [2.05, 4.69) is 5.32 Å². The highest BCUT2D eigenvalue weighted by Gasteiger charge is 2.10. The molecule has 0 amide bonds. The minimum atomic E-state index is -1.17. The van der Waals surface area contributed by atoms with Gasteiger partial charge in [-0.25, -0.2) is 13.2 Å². The van der Waals surface area contributed by atoms with Crippen LogP contribution in [0.5, 0.6) is 0 Å². The van der Waals surface area contributed by atoms with Crippen LogP contribution in [0.4, 0.5) is 13.2 Å². The van der Waals surface area contributed by atoms with E-state index in [1.807, 2.05) is 20.8 Å². The second kappa shape index (κ2) is 5.57. The molecule has 4 heteroatoms. The van der Waals surface area contributed by atoms with Gasteiger partial charge in [0.05, 0.1) is 0 Å². The molecule has 0 bridgehead atoms. The molecule has 0 aromatic heterocycles. The summed E-state index contributed by atoms with van der Waals surface area (Å²) in [6.07, 6.45) is 1.51. The van der Waals surface area contributed by atoms with Crippen LogP contribution in [0.1, 0.15) is 33.3 Å². The molecule has 1 aromatic carbocycles. The lowest BCUT2D eigenvalue weighted by Crippen LogP contribution is -2.36. The van der Waals surface area contributed by atoms with Gasteiger partial charge >= 0.3 is 0 Å². The van der Waals surface area contributed by atoms with Crippen molar-refractivity contribution in [1.29, 1.82) is 0 Å². The third kappa shape index (κ3) is 4.53. The maximum absolute atomic E-state index is 13.4. The molecule has 100 valence electrons. The Bertz CT molecular complexity index is 459. The molecule has 1 nitrogen and oxygen atoms in total. The Morgan fingerprint density at radius 2 is 1.67 bits per heavy atom. The normalized spacial score (nSPS) is 12.9. The van der Waals surface area contributed by atoms with Gasteiger partial charge in [-0.3, -0.25) is 0 Å². The van der Waals surface area contributed by atoms with Crippen LogP contribution >= 0.6 is 0 Å². The molecule has 0 spiro atoms. The van der Waals surface area contributed by atoms with Gasteiger partial charge in [0.2, 0.25) is 0 Å². The molecule has 0 unspecified atom stereocenters. The second-order valence-corrected chi connectivity index (χ2v) is 5.38. The van der Waals surface area contributed by atoms with Gasteiger partial charge in [0.15, 0.2) is 11.6 Å². The average molecular weight is 257 g/mol. The van der Waals surface area contributed by atoms with Crippen LogP contribution in [0.25, 0.3) is 6.08 Å². The van der Waals surface area contributed by atoms with Gasteiger partial charge in [0, 0.05) is 23.7 Å². The Morgan fingerprint density at radius 1 is 1.11 bits per heavy atom. The second-order valence-electron chi connectivity index (χ2n) is 5.38. The minimum absolute atomic E-state index is 0.0539. The summed E-state index contributed by atoms with van der Waals surface area (Å²) in [4.78, 5) is 0. The molecular formula is C14H18F3N. The third-order valence-corrected chi connectivity index (χ3v) is 2.34. The molecule has 1 N–H and O–H groups in total. The summed E-state index contributed by atoms with van der Waals surface area (Å²) in [6, 6.07) is 1.43. The van der Waals surface area contributed by atoms with Gasteiger partial charge in [-0.05, 0) is 33.8 Å². The standard InChI is InChI=1S/C14H18F3N/c1-9(8-18-14(2,3)4)5-10-6-12(16)13(17)7-11(10)15/h5-7,18H,8H2,1-4H3/b9-5-. The zero-order valence-electron chi connectivity index (χ0n) is 11.1. The predicted molar refractivity (Wildman–Crippen MR) is 67.7 cm³/mol. The van der Waals surface area contributed by atoms with E-state index in [0.717, 1.165) is 11.6 Å². The fraction of sp³-hybridized carbons (Fsp3) is 0.429. The molecule has 0 aliphatic carbocycles. The SMILES string of the molecule is C/C(=C/c1cc(F)c(F)cc1F)CNC(C)(C)C. The van der Waals surface area contributed by atoms with Gasteiger partial charge in [-0.15, -0.1) is 0 Å². The van der Waals surface area contributed by atoms with E-state index in [9.17, 15) is 13.2 Å². The Balaban J connectivity index is 2.86. The highest BCUT2D eigenvalue weighted by atomic mass is 19.2. The summed E-state index contributed by atoms with van der Waals surface area (Å²) in [5, 5.41) is 3.23. The Labute approximate surface area is 106 Å². The van der Waals surface area contributed by atoms with Gasteiger partial charge in [-0.2, -0.15) is 0 Å². The zero-order valence-corrected chi connectivity index (χ0v) is 11.1. The smallest absolute Gasteiger partial charge is 0.161 e. The summed E-state index contributed by atoms with van der Waals surface area (Å²) in [6.45, 7) is 8.40. The van der Waals surface area contributed by atoms with Crippen molar-refractivity contribution in [3.05, 3.63) is 40.7 Å². The largest absolute Gasteiger partial charge is 0.308 e. The molecule has 0 heterocycles.